The third kappa shape index (κ3) is 2.49. The highest BCUT2D eigenvalue weighted by molar-refractivity contribution is 5.47. The van der Waals surface area contributed by atoms with Crippen LogP contribution in [0.25, 0.3) is 0 Å². The third-order valence-electron chi connectivity index (χ3n) is 2.59. The van der Waals surface area contributed by atoms with Gasteiger partial charge in [-0.1, -0.05) is 0 Å². The predicted octanol–water partition coefficient (Wildman–Crippen LogP) is 1.94. The molecule has 1 aromatic heterocycles. The van der Waals surface area contributed by atoms with Gasteiger partial charge in [-0.15, -0.1) is 0 Å². The molecule has 0 unspecified atom stereocenters. The van der Waals surface area contributed by atoms with E-state index in [0.29, 0.717) is 11.6 Å². The molecule has 2 heterocycles. The molecule has 4 heteroatoms. The second kappa shape index (κ2) is 4.82. The van der Waals surface area contributed by atoms with Gasteiger partial charge in [0.1, 0.15) is 0 Å². The molecule has 1 aliphatic rings. The van der Waals surface area contributed by atoms with Crippen molar-refractivity contribution in [3.8, 4) is 0 Å². The molecule has 0 amide bonds. The Morgan fingerprint density at radius 1 is 1.40 bits per heavy atom. The molecule has 2 rings (SSSR count). The van der Waals surface area contributed by atoms with Crippen molar-refractivity contribution in [1.29, 1.82) is 0 Å². The summed E-state index contributed by atoms with van der Waals surface area (Å²) in [5.74, 6) is 0.480. The molecule has 0 N–H and O–H groups in total. The van der Waals surface area contributed by atoms with Crippen LogP contribution in [-0.4, -0.2) is 24.3 Å². The number of pyridine rings is 1. The molecule has 0 aliphatic carbocycles. The van der Waals surface area contributed by atoms with Crippen LogP contribution in [0.5, 0.6) is 0 Å². The van der Waals surface area contributed by atoms with Gasteiger partial charge in [0.2, 0.25) is 6.08 Å². The fraction of sp³-hybridized carbons (Fsp3) is 0.455. The van der Waals surface area contributed by atoms with E-state index in [4.69, 9.17) is 4.74 Å². The molecular formula is C11H12N2O2. The second-order valence-electron chi connectivity index (χ2n) is 3.53. The molecule has 0 saturated carbocycles. The molecule has 0 atom stereocenters. The Bertz CT molecular complexity index is 363. The lowest BCUT2D eigenvalue weighted by molar-refractivity contribution is 0.0845. The number of carbonyl (C=O) groups excluding carboxylic acids is 1. The SMILES string of the molecule is O=C=Nc1ccc(C2CCOCC2)nc1. The maximum Gasteiger partial charge on any atom is 0.240 e. The Balaban J connectivity index is 2.11. The first-order valence-corrected chi connectivity index (χ1v) is 5.02. The zero-order valence-corrected chi connectivity index (χ0v) is 8.35. The zero-order chi connectivity index (χ0) is 10.5. The molecule has 1 aromatic rings. The molecule has 15 heavy (non-hydrogen) atoms. The zero-order valence-electron chi connectivity index (χ0n) is 8.35. The minimum atomic E-state index is 0.480. The van der Waals surface area contributed by atoms with Gasteiger partial charge in [-0.05, 0) is 25.0 Å². The van der Waals surface area contributed by atoms with Crippen molar-refractivity contribution < 1.29 is 9.53 Å². The highest BCUT2D eigenvalue weighted by atomic mass is 16.5. The first kappa shape index (κ1) is 10.0. The van der Waals surface area contributed by atoms with E-state index in [-0.39, 0.29) is 0 Å². The van der Waals surface area contributed by atoms with Crippen molar-refractivity contribution in [3.63, 3.8) is 0 Å². The Hall–Kier alpha value is -1.51. The van der Waals surface area contributed by atoms with Crippen LogP contribution < -0.4 is 0 Å². The van der Waals surface area contributed by atoms with Crippen molar-refractivity contribution in [2.75, 3.05) is 13.2 Å². The minimum absolute atomic E-state index is 0.480. The van der Waals surface area contributed by atoms with Crippen LogP contribution in [0.3, 0.4) is 0 Å². The normalized spacial score (nSPS) is 17.1. The topological polar surface area (TPSA) is 51.5 Å². The first-order chi connectivity index (χ1) is 7.40. The van der Waals surface area contributed by atoms with Gasteiger partial charge in [0, 0.05) is 24.8 Å². The summed E-state index contributed by atoms with van der Waals surface area (Å²) < 4.78 is 5.29. The third-order valence-corrected chi connectivity index (χ3v) is 2.59. The van der Waals surface area contributed by atoms with Crippen molar-refractivity contribution in [1.82, 2.24) is 4.98 Å². The lowest BCUT2D eigenvalue weighted by Crippen LogP contribution is -2.14. The Kier molecular flexibility index (Phi) is 3.22. The van der Waals surface area contributed by atoms with Crippen LogP contribution >= 0.6 is 0 Å². The molecular weight excluding hydrogens is 192 g/mol. The molecule has 0 radical (unpaired) electrons. The number of hydrogen-bond acceptors (Lipinski definition) is 4. The predicted molar refractivity (Wildman–Crippen MR) is 54.8 cm³/mol. The van der Waals surface area contributed by atoms with E-state index in [1.54, 1.807) is 12.3 Å². The summed E-state index contributed by atoms with van der Waals surface area (Å²) >= 11 is 0. The number of aromatic nitrogens is 1. The Morgan fingerprint density at radius 2 is 2.20 bits per heavy atom. The first-order valence-electron chi connectivity index (χ1n) is 5.02. The van der Waals surface area contributed by atoms with E-state index in [2.05, 4.69) is 9.98 Å². The largest absolute Gasteiger partial charge is 0.381 e. The molecule has 4 nitrogen and oxygen atoms in total. The van der Waals surface area contributed by atoms with E-state index in [1.165, 1.54) is 6.08 Å². The maximum absolute atomic E-state index is 10.0. The number of ether oxygens (including phenoxy) is 1. The van der Waals surface area contributed by atoms with Gasteiger partial charge in [0.05, 0.1) is 11.9 Å². The fourth-order valence-corrected chi connectivity index (χ4v) is 1.75. The lowest BCUT2D eigenvalue weighted by Gasteiger charge is -2.21. The van der Waals surface area contributed by atoms with Gasteiger partial charge in [-0.25, -0.2) is 4.79 Å². The fourth-order valence-electron chi connectivity index (χ4n) is 1.75. The van der Waals surface area contributed by atoms with Crippen LogP contribution in [-0.2, 0) is 9.53 Å². The smallest absolute Gasteiger partial charge is 0.240 e. The summed E-state index contributed by atoms with van der Waals surface area (Å²) in [6.07, 6.45) is 5.14. The van der Waals surface area contributed by atoms with Gasteiger partial charge in [-0.2, -0.15) is 4.99 Å². The highest BCUT2D eigenvalue weighted by Gasteiger charge is 2.16. The van der Waals surface area contributed by atoms with Crippen LogP contribution in [0, 0.1) is 0 Å². The van der Waals surface area contributed by atoms with Gasteiger partial charge >= 0.3 is 0 Å². The molecule has 0 bridgehead atoms. The summed E-state index contributed by atoms with van der Waals surface area (Å²) in [6, 6.07) is 3.72. The number of rotatable bonds is 2. The summed E-state index contributed by atoms with van der Waals surface area (Å²) in [5.41, 5.74) is 1.61. The molecule has 1 fully saturated rings. The van der Waals surface area contributed by atoms with E-state index in [1.807, 2.05) is 6.07 Å². The summed E-state index contributed by atoms with van der Waals surface area (Å²) in [6.45, 7) is 1.61. The van der Waals surface area contributed by atoms with Crippen LogP contribution in [0.2, 0.25) is 0 Å². The van der Waals surface area contributed by atoms with E-state index in [0.717, 1.165) is 31.7 Å². The van der Waals surface area contributed by atoms with Crippen molar-refractivity contribution in [2.45, 2.75) is 18.8 Å². The Labute approximate surface area is 88.0 Å². The number of hydrogen-bond donors (Lipinski definition) is 0. The second-order valence-corrected chi connectivity index (χ2v) is 3.53. The van der Waals surface area contributed by atoms with Crippen molar-refractivity contribution in [3.05, 3.63) is 24.0 Å². The van der Waals surface area contributed by atoms with Crippen molar-refractivity contribution in [2.24, 2.45) is 4.99 Å². The summed E-state index contributed by atoms with van der Waals surface area (Å²) in [4.78, 5) is 17.8. The number of isocyanates is 1. The summed E-state index contributed by atoms with van der Waals surface area (Å²) in [7, 11) is 0. The molecule has 0 spiro atoms. The highest BCUT2D eigenvalue weighted by Crippen LogP contribution is 2.25. The van der Waals surface area contributed by atoms with Gasteiger partial charge in [-0.3, -0.25) is 4.98 Å². The molecule has 1 saturated heterocycles. The van der Waals surface area contributed by atoms with Gasteiger partial charge in [0.15, 0.2) is 0 Å². The van der Waals surface area contributed by atoms with Crippen LogP contribution in [0.4, 0.5) is 5.69 Å². The molecule has 0 aromatic carbocycles. The van der Waals surface area contributed by atoms with Crippen LogP contribution in [0.1, 0.15) is 24.5 Å². The Morgan fingerprint density at radius 3 is 2.80 bits per heavy atom. The van der Waals surface area contributed by atoms with E-state index < -0.39 is 0 Å². The van der Waals surface area contributed by atoms with Gasteiger partial charge in [0.25, 0.3) is 0 Å². The molecule has 1 aliphatic heterocycles. The average molecular weight is 204 g/mol. The van der Waals surface area contributed by atoms with Crippen LogP contribution in [0.15, 0.2) is 23.3 Å². The number of nitrogens with zero attached hydrogens (tertiary/aromatic N) is 2. The average Bonchev–Trinajstić information content (AvgIpc) is 2.32. The van der Waals surface area contributed by atoms with E-state index >= 15 is 0 Å². The summed E-state index contributed by atoms with van der Waals surface area (Å²) in [5, 5.41) is 0. The monoisotopic (exact) mass is 204 g/mol. The van der Waals surface area contributed by atoms with Crippen molar-refractivity contribution >= 4 is 11.8 Å². The molecule has 78 valence electrons. The lowest BCUT2D eigenvalue weighted by atomic mass is 9.96. The number of aliphatic imine (C=N–C) groups is 1. The minimum Gasteiger partial charge on any atom is -0.381 e. The van der Waals surface area contributed by atoms with E-state index in [9.17, 15) is 4.79 Å². The van der Waals surface area contributed by atoms with Gasteiger partial charge < -0.3 is 4.74 Å². The quantitative estimate of drug-likeness (QED) is 0.546. The standard InChI is InChI=1S/C11H12N2O2/c14-8-13-10-1-2-11(12-7-10)9-3-5-15-6-4-9/h1-2,7,9H,3-6H2. The maximum atomic E-state index is 10.0.